The topological polar surface area (TPSA) is 84.6 Å². The molecule has 18 heavy (non-hydrogen) atoms. The zero-order valence-corrected chi connectivity index (χ0v) is 12.2. The molecule has 0 aromatic rings. The normalized spacial score (nSPS) is 22.1. The second-order valence-corrected chi connectivity index (χ2v) is 6.01. The number of aliphatic hydroxyl groups excluding tert-OH is 1. The molecule has 0 saturated carbocycles. The maximum absolute atomic E-state index is 10.6. The van der Waals surface area contributed by atoms with E-state index in [0.717, 1.165) is 6.42 Å². The van der Waals surface area contributed by atoms with E-state index in [2.05, 4.69) is 10.1 Å². The first-order valence-corrected chi connectivity index (χ1v) is 6.47. The first kappa shape index (κ1) is 17.8. The molecule has 0 unspecified atom stereocenters. The first-order chi connectivity index (χ1) is 8.26. The second kappa shape index (κ2) is 8.82. The van der Waals surface area contributed by atoms with Crippen molar-refractivity contribution in [2.24, 2.45) is 5.73 Å². The standard InChI is InChI=1S/C5H8Cl3NO2.C5H9NO/c1-2-11-4(10)9-3-5(6,7)8;6-4-2-1-3-5(4)7/h2-3H2,1H3,(H,9,10);1-2,4-5,7H,3,6H2/t;4-,5-/m.1/s1. The molecule has 2 atom stereocenters. The zero-order valence-electron chi connectivity index (χ0n) is 9.91. The third kappa shape index (κ3) is 9.79. The highest BCUT2D eigenvalue weighted by atomic mass is 35.6. The zero-order chi connectivity index (χ0) is 14.2. The highest BCUT2D eigenvalue weighted by Gasteiger charge is 2.20. The van der Waals surface area contributed by atoms with Gasteiger partial charge in [0.2, 0.25) is 3.79 Å². The van der Waals surface area contributed by atoms with Gasteiger partial charge in [-0.05, 0) is 13.3 Å². The lowest BCUT2D eigenvalue weighted by atomic mass is 10.2. The molecule has 0 aliphatic heterocycles. The van der Waals surface area contributed by atoms with Gasteiger partial charge in [-0.2, -0.15) is 0 Å². The molecule has 0 fully saturated rings. The monoisotopic (exact) mass is 318 g/mol. The number of hydrogen-bond acceptors (Lipinski definition) is 4. The lowest BCUT2D eigenvalue weighted by Gasteiger charge is -2.11. The van der Waals surface area contributed by atoms with Crippen LogP contribution in [0.25, 0.3) is 0 Å². The smallest absolute Gasteiger partial charge is 0.407 e. The van der Waals surface area contributed by atoms with E-state index < -0.39 is 9.89 Å². The molecule has 1 aliphatic carbocycles. The number of nitrogens with one attached hydrogen (secondary N) is 1. The Morgan fingerprint density at radius 3 is 2.50 bits per heavy atom. The van der Waals surface area contributed by atoms with E-state index in [9.17, 15) is 4.79 Å². The summed E-state index contributed by atoms with van der Waals surface area (Å²) >= 11 is 16.0. The summed E-state index contributed by atoms with van der Waals surface area (Å²) in [6.45, 7) is 1.93. The van der Waals surface area contributed by atoms with Crippen molar-refractivity contribution >= 4 is 40.9 Å². The minimum absolute atomic E-state index is 0.0590. The summed E-state index contributed by atoms with van der Waals surface area (Å²) in [5.74, 6) is 0. The Kier molecular flexibility index (Phi) is 8.73. The summed E-state index contributed by atoms with van der Waals surface area (Å²) in [5.41, 5.74) is 5.34. The fourth-order valence-corrected chi connectivity index (χ4v) is 1.22. The van der Waals surface area contributed by atoms with Gasteiger partial charge in [0.15, 0.2) is 0 Å². The largest absolute Gasteiger partial charge is 0.450 e. The van der Waals surface area contributed by atoms with Crippen molar-refractivity contribution in [1.29, 1.82) is 0 Å². The molecule has 4 N–H and O–H groups in total. The van der Waals surface area contributed by atoms with Gasteiger partial charge in [0.25, 0.3) is 0 Å². The lowest BCUT2D eigenvalue weighted by Crippen LogP contribution is -2.32. The molecule has 0 radical (unpaired) electrons. The number of carbonyl (C=O) groups excluding carboxylic acids is 1. The fourth-order valence-electron chi connectivity index (χ4n) is 1.02. The molecule has 5 nitrogen and oxygen atoms in total. The van der Waals surface area contributed by atoms with E-state index in [0.29, 0.717) is 6.61 Å². The Labute approximate surface area is 121 Å². The SMILES string of the molecule is CCOC(=O)NCC(Cl)(Cl)Cl.N[C@@H]1C=CC[C@H]1O. The van der Waals surface area contributed by atoms with Crippen LogP contribution >= 0.6 is 34.8 Å². The van der Waals surface area contributed by atoms with Crippen molar-refractivity contribution in [2.75, 3.05) is 13.2 Å². The Hall–Kier alpha value is -0.200. The van der Waals surface area contributed by atoms with Crippen molar-refractivity contribution in [1.82, 2.24) is 5.32 Å². The lowest BCUT2D eigenvalue weighted by molar-refractivity contribution is 0.152. The Morgan fingerprint density at radius 1 is 1.61 bits per heavy atom. The molecule has 0 bridgehead atoms. The van der Waals surface area contributed by atoms with E-state index in [1.54, 1.807) is 6.92 Å². The van der Waals surface area contributed by atoms with Crippen molar-refractivity contribution in [3.05, 3.63) is 12.2 Å². The molecule has 1 rings (SSSR count). The number of aliphatic hydroxyl groups is 1. The first-order valence-electron chi connectivity index (χ1n) is 5.34. The molecule has 8 heteroatoms. The average molecular weight is 320 g/mol. The molecule has 0 aromatic carbocycles. The van der Waals surface area contributed by atoms with Crippen LogP contribution in [0, 0.1) is 0 Å². The predicted molar refractivity (Wildman–Crippen MR) is 73.1 cm³/mol. The van der Waals surface area contributed by atoms with E-state index in [-0.39, 0.29) is 18.7 Å². The van der Waals surface area contributed by atoms with Crippen LogP contribution in [-0.2, 0) is 4.74 Å². The van der Waals surface area contributed by atoms with Gasteiger partial charge in [0.05, 0.1) is 19.3 Å². The van der Waals surface area contributed by atoms with E-state index in [4.69, 9.17) is 45.6 Å². The van der Waals surface area contributed by atoms with E-state index in [1.165, 1.54) is 0 Å². The average Bonchev–Trinajstić information content (AvgIpc) is 2.61. The van der Waals surface area contributed by atoms with E-state index in [1.807, 2.05) is 12.2 Å². The van der Waals surface area contributed by atoms with Gasteiger partial charge >= 0.3 is 6.09 Å². The summed E-state index contributed by atoms with van der Waals surface area (Å²) < 4.78 is 3.05. The van der Waals surface area contributed by atoms with Crippen LogP contribution in [0.15, 0.2) is 12.2 Å². The van der Waals surface area contributed by atoms with Crippen LogP contribution < -0.4 is 11.1 Å². The summed E-state index contributed by atoms with van der Waals surface area (Å²) in [4.78, 5) is 10.6. The number of alkyl halides is 3. The summed E-state index contributed by atoms with van der Waals surface area (Å²) in [6, 6.07) is -0.111. The molecule has 1 amide bonds. The fraction of sp³-hybridized carbons (Fsp3) is 0.700. The van der Waals surface area contributed by atoms with Gasteiger partial charge in [0.1, 0.15) is 0 Å². The number of rotatable bonds is 2. The van der Waals surface area contributed by atoms with Crippen molar-refractivity contribution < 1.29 is 14.6 Å². The number of carbonyl (C=O) groups is 1. The van der Waals surface area contributed by atoms with Crippen LogP contribution in [0.1, 0.15) is 13.3 Å². The second-order valence-electron chi connectivity index (χ2n) is 3.50. The van der Waals surface area contributed by atoms with Crippen molar-refractivity contribution in [3.63, 3.8) is 0 Å². The van der Waals surface area contributed by atoms with Crippen molar-refractivity contribution in [3.8, 4) is 0 Å². The number of amides is 1. The predicted octanol–water partition coefficient (Wildman–Crippen LogP) is 1.74. The van der Waals surface area contributed by atoms with Gasteiger partial charge in [-0.1, -0.05) is 47.0 Å². The quantitative estimate of drug-likeness (QED) is 0.534. The van der Waals surface area contributed by atoms with Crippen LogP contribution in [0.4, 0.5) is 4.79 Å². The molecule has 0 heterocycles. The molecular weight excluding hydrogens is 302 g/mol. The van der Waals surface area contributed by atoms with Gasteiger partial charge in [-0.25, -0.2) is 4.79 Å². The number of ether oxygens (including phenoxy) is 1. The van der Waals surface area contributed by atoms with E-state index >= 15 is 0 Å². The Bertz CT molecular complexity index is 282. The van der Waals surface area contributed by atoms with Crippen LogP contribution in [-0.4, -0.2) is 40.3 Å². The minimum Gasteiger partial charge on any atom is -0.450 e. The molecule has 0 spiro atoms. The Balaban J connectivity index is 0.000000351. The molecule has 0 aromatic heterocycles. The number of halogens is 3. The minimum atomic E-state index is -1.47. The Morgan fingerprint density at radius 2 is 2.22 bits per heavy atom. The molecule has 0 saturated heterocycles. The molecule has 106 valence electrons. The van der Waals surface area contributed by atoms with Gasteiger partial charge in [0, 0.05) is 6.04 Å². The third-order valence-electron chi connectivity index (χ3n) is 1.89. The summed E-state index contributed by atoms with van der Waals surface area (Å²) in [6.07, 6.45) is 3.54. The molecular formula is C10H17Cl3N2O3. The van der Waals surface area contributed by atoms with Crippen LogP contribution in [0.5, 0.6) is 0 Å². The van der Waals surface area contributed by atoms with Crippen LogP contribution in [0.3, 0.4) is 0 Å². The van der Waals surface area contributed by atoms with Gasteiger partial charge in [-0.15, -0.1) is 0 Å². The van der Waals surface area contributed by atoms with Crippen LogP contribution in [0.2, 0.25) is 0 Å². The van der Waals surface area contributed by atoms with Gasteiger partial charge in [-0.3, -0.25) is 0 Å². The van der Waals surface area contributed by atoms with Crippen molar-refractivity contribution in [2.45, 2.75) is 29.3 Å². The van der Waals surface area contributed by atoms with Gasteiger partial charge < -0.3 is 20.9 Å². The number of nitrogens with two attached hydrogens (primary N) is 1. The maximum Gasteiger partial charge on any atom is 0.407 e. The maximum atomic E-state index is 10.6. The summed E-state index contributed by atoms with van der Waals surface area (Å²) in [7, 11) is 0. The molecule has 1 aliphatic rings. The third-order valence-corrected chi connectivity index (χ3v) is 2.29. The highest BCUT2D eigenvalue weighted by Crippen LogP contribution is 2.24. The summed E-state index contributed by atoms with van der Waals surface area (Å²) in [5, 5.41) is 11.1. The highest BCUT2D eigenvalue weighted by molar-refractivity contribution is 6.67. The number of hydrogen-bond donors (Lipinski definition) is 3. The number of alkyl carbamates (subject to hydrolysis) is 1.